The maximum atomic E-state index is 12.7. The highest BCUT2D eigenvalue weighted by Crippen LogP contribution is 2.40. The van der Waals surface area contributed by atoms with Crippen molar-refractivity contribution < 1.29 is 9.35 Å². The molecule has 27 heavy (non-hydrogen) atoms. The quantitative estimate of drug-likeness (QED) is 0.680. The highest BCUT2D eigenvalue weighted by atomic mass is 32.2. The second-order valence-electron chi connectivity index (χ2n) is 6.07. The van der Waals surface area contributed by atoms with Gasteiger partial charge in [0.25, 0.3) is 5.91 Å². The van der Waals surface area contributed by atoms with E-state index in [0.717, 1.165) is 15.6 Å². The zero-order valence-corrected chi connectivity index (χ0v) is 16.6. The zero-order chi connectivity index (χ0) is 19.1. The van der Waals surface area contributed by atoms with Gasteiger partial charge in [0.15, 0.2) is 10.7 Å². The summed E-state index contributed by atoms with van der Waals surface area (Å²) in [5, 5.41) is 5.91. The van der Waals surface area contributed by atoms with Crippen molar-refractivity contribution in [3.63, 3.8) is 0 Å². The van der Waals surface area contributed by atoms with Crippen molar-refractivity contribution in [3.8, 4) is 0 Å². The van der Waals surface area contributed by atoms with Crippen molar-refractivity contribution in [2.75, 3.05) is 35.5 Å². The fourth-order valence-electron chi connectivity index (χ4n) is 2.88. The van der Waals surface area contributed by atoms with E-state index in [1.807, 2.05) is 35.5 Å². The predicted molar refractivity (Wildman–Crippen MR) is 109 cm³/mol. The van der Waals surface area contributed by atoms with E-state index in [-0.39, 0.29) is 5.91 Å². The molecule has 0 spiro atoms. The van der Waals surface area contributed by atoms with Gasteiger partial charge in [-0.2, -0.15) is 4.98 Å². The third kappa shape index (κ3) is 3.14. The number of nitrogens with zero attached hydrogens (tertiary/aromatic N) is 4. The lowest BCUT2D eigenvalue weighted by molar-refractivity contribution is 0.0994. The molecule has 3 heterocycles. The average molecular weight is 400 g/mol. The molecular weight excluding hydrogens is 382 g/mol. The van der Waals surface area contributed by atoms with Crippen molar-refractivity contribution >= 4 is 56.6 Å². The Morgan fingerprint density at radius 2 is 1.89 bits per heavy atom. The summed E-state index contributed by atoms with van der Waals surface area (Å²) >= 11 is 0.480. The van der Waals surface area contributed by atoms with Crippen LogP contribution >= 0.6 is 11.3 Å². The van der Waals surface area contributed by atoms with E-state index in [4.69, 9.17) is 0 Å². The second-order valence-corrected chi connectivity index (χ2v) is 8.34. The van der Waals surface area contributed by atoms with Gasteiger partial charge >= 0.3 is 0 Å². The molecule has 1 atom stereocenters. The molecule has 0 saturated heterocycles. The standard InChI is InChI=1S/C18H17N5O2S2/c1-22-14-10-19-18(20-11-4-6-12(7-5-11)27(3)25)21-15(14)23(2)17-13(16(22)24)8-9-26-17/h4-10H,1-3H3,(H,19,20,21). The summed E-state index contributed by atoms with van der Waals surface area (Å²) in [5.41, 5.74) is 2.09. The van der Waals surface area contributed by atoms with Gasteiger partial charge in [-0.15, -0.1) is 11.3 Å². The molecule has 1 unspecified atom stereocenters. The monoisotopic (exact) mass is 399 g/mol. The number of nitrogens with one attached hydrogen (secondary N) is 1. The number of hydrogen-bond acceptors (Lipinski definition) is 7. The first-order chi connectivity index (χ1) is 13.0. The SMILES string of the molecule is CN1C(=O)c2ccsc2N(C)c2nc(Nc3ccc([S+](C)[O-])cc3)ncc21. The van der Waals surface area contributed by atoms with Gasteiger partial charge in [0.05, 0.1) is 11.8 Å². The third-order valence-corrected chi connectivity index (χ3v) is 6.28. The summed E-state index contributed by atoms with van der Waals surface area (Å²) in [6.07, 6.45) is 3.29. The van der Waals surface area contributed by atoms with Crippen LogP contribution in [0.4, 0.5) is 28.1 Å². The number of aromatic nitrogens is 2. The molecule has 1 N–H and O–H groups in total. The minimum atomic E-state index is -1.02. The van der Waals surface area contributed by atoms with Crippen molar-refractivity contribution in [2.45, 2.75) is 4.90 Å². The summed E-state index contributed by atoms with van der Waals surface area (Å²) in [6, 6.07) is 9.11. The first-order valence-corrected chi connectivity index (χ1v) is 10.6. The molecule has 1 aliphatic rings. The molecule has 138 valence electrons. The number of carbonyl (C=O) groups is 1. The summed E-state index contributed by atoms with van der Waals surface area (Å²) < 4.78 is 11.5. The van der Waals surface area contributed by atoms with Gasteiger partial charge in [-0.05, 0) is 46.9 Å². The Morgan fingerprint density at radius 1 is 1.15 bits per heavy atom. The Hall–Kier alpha value is -2.62. The van der Waals surface area contributed by atoms with Crippen molar-refractivity contribution in [3.05, 3.63) is 47.5 Å². The number of rotatable bonds is 3. The Kier molecular flexibility index (Phi) is 4.50. The van der Waals surface area contributed by atoms with Gasteiger partial charge in [-0.1, -0.05) is 0 Å². The van der Waals surface area contributed by atoms with Crippen LogP contribution in [0.15, 0.2) is 46.8 Å². The van der Waals surface area contributed by atoms with Gasteiger partial charge in [0.1, 0.15) is 16.9 Å². The van der Waals surface area contributed by atoms with E-state index in [9.17, 15) is 9.35 Å². The predicted octanol–water partition coefficient (Wildman–Crippen LogP) is 3.38. The summed E-state index contributed by atoms with van der Waals surface area (Å²) in [6.45, 7) is 0. The number of anilines is 5. The first kappa shape index (κ1) is 17.8. The van der Waals surface area contributed by atoms with Gasteiger partial charge in [-0.25, -0.2) is 4.98 Å². The topological polar surface area (TPSA) is 84.4 Å². The minimum absolute atomic E-state index is 0.0793. The zero-order valence-electron chi connectivity index (χ0n) is 15.0. The molecule has 7 nitrogen and oxygen atoms in total. The highest BCUT2D eigenvalue weighted by molar-refractivity contribution is 7.90. The van der Waals surface area contributed by atoms with E-state index in [2.05, 4.69) is 15.3 Å². The second kappa shape index (κ2) is 6.84. The van der Waals surface area contributed by atoms with E-state index in [0.29, 0.717) is 23.0 Å². The van der Waals surface area contributed by atoms with E-state index in [1.54, 1.807) is 36.5 Å². The van der Waals surface area contributed by atoms with Crippen LogP contribution in [0.2, 0.25) is 0 Å². The fraction of sp³-hybridized carbons (Fsp3) is 0.167. The van der Waals surface area contributed by atoms with Crippen LogP contribution in [0.1, 0.15) is 10.4 Å². The Balaban J connectivity index is 1.69. The largest absolute Gasteiger partial charge is 0.612 e. The van der Waals surface area contributed by atoms with Crippen LogP contribution in [0, 0.1) is 0 Å². The minimum Gasteiger partial charge on any atom is -0.612 e. The Morgan fingerprint density at radius 3 is 2.59 bits per heavy atom. The lowest BCUT2D eigenvalue weighted by Gasteiger charge is -2.20. The lowest BCUT2D eigenvalue weighted by Crippen LogP contribution is -2.25. The molecule has 2 aromatic heterocycles. The van der Waals surface area contributed by atoms with Crippen molar-refractivity contribution in [2.24, 2.45) is 0 Å². The van der Waals surface area contributed by atoms with Crippen LogP contribution in [-0.2, 0) is 11.2 Å². The molecule has 1 aromatic carbocycles. The first-order valence-electron chi connectivity index (χ1n) is 8.12. The maximum absolute atomic E-state index is 12.7. The highest BCUT2D eigenvalue weighted by Gasteiger charge is 2.29. The summed E-state index contributed by atoms with van der Waals surface area (Å²) in [5.74, 6) is 0.993. The Labute approximate surface area is 163 Å². The maximum Gasteiger partial charge on any atom is 0.261 e. The van der Waals surface area contributed by atoms with E-state index < -0.39 is 11.2 Å². The molecule has 0 aliphatic carbocycles. The number of carbonyl (C=O) groups excluding carboxylic acids is 1. The van der Waals surface area contributed by atoms with Gasteiger partial charge < -0.3 is 19.7 Å². The van der Waals surface area contributed by atoms with Gasteiger partial charge in [-0.3, -0.25) is 4.79 Å². The van der Waals surface area contributed by atoms with Crippen LogP contribution in [0.5, 0.6) is 0 Å². The van der Waals surface area contributed by atoms with Crippen LogP contribution in [0.3, 0.4) is 0 Å². The molecule has 1 amide bonds. The lowest BCUT2D eigenvalue weighted by atomic mass is 10.3. The van der Waals surface area contributed by atoms with Crippen LogP contribution in [0.25, 0.3) is 0 Å². The molecule has 4 rings (SSSR count). The van der Waals surface area contributed by atoms with Crippen molar-refractivity contribution in [1.29, 1.82) is 0 Å². The molecule has 0 radical (unpaired) electrons. The number of hydrogen-bond donors (Lipinski definition) is 1. The fourth-order valence-corrected chi connectivity index (χ4v) is 4.26. The summed E-state index contributed by atoms with van der Waals surface area (Å²) in [7, 11) is 3.62. The molecule has 0 saturated carbocycles. The van der Waals surface area contributed by atoms with Gasteiger partial charge in [0.2, 0.25) is 5.95 Å². The Bertz CT molecular complexity index is 1000. The average Bonchev–Trinajstić information content (AvgIpc) is 3.14. The normalized spacial score (nSPS) is 14.4. The van der Waals surface area contributed by atoms with E-state index >= 15 is 0 Å². The number of amides is 1. The molecular formula is C18H17N5O2S2. The van der Waals surface area contributed by atoms with Crippen LogP contribution < -0.4 is 15.1 Å². The molecule has 1 aliphatic heterocycles. The smallest absolute Gasteiger partial charge is 0.261 e. The third-order valence-electron chi connectivity index (χ3n) is 4.36. The summed E-state index contributed by atoms with van der Waals surface area (Å²) in [4.78, 5) is 25.9. The number of benzene rings is 1. The molecule has 0 fully saturated rings. The van der Waals surface area contributed by atoms with Crippen molar-refractivity contribution in [1.82, 2.24) is 9.97 Å². The molecule has 3 aromatic rings. The van der Waals surface area contributed by atoms with Crippen LogP contribution in [-0.4, -0.2) is 40.8 Å². The molecule has 0 bridgehead atoms. The number of thiophene rings is 1. The van der Waals surface area contributed by atoms with E-state index in [1.165, 1.54) is 11.3 Å². The molecule has 9 heteroatoms. The van der Waals surface area contributed by atoms with Gasteiger partial charge in [0, 0.05) is 19.8 Å². The number of fused-ring (bicyclic) bond motifs is 2.